The van der Waals surface area contributed by atoms with Gasteiger partial charge in [0.2, 0.25) is 5.91 Å². The Morgan fingerprint density at radius 1 is 1.00 bits per heavy atom. The highest BCUT2D eigenvalue weighted by Crippen LogP contribution is 2.31. The van der Waals surface area contributed by atoms with Gasteiger partial charge in [0.1, 0.15) is 0 Å². The van der Waals surface area contributed by atoms with Crippen LogP contribution in [0, 0.1) is 11.6 Å². The zero-order valence-electron chi connectivity index (χ0n) is 15.3. The van der Waals surface area contributed by atoms with Gasteiger partial charge >= 0.3 is 0 Å². The zero-order valence-corrected chi connectivity index (χ0v) is 15.3. The molecule has 1 N–H and O–H groups in total. The Bertz CT molecular complexity index is 773. The minimum absolute atomic E-state index is 0.0936. The number of aryl methyl sites for hydroxylation is 1. The maximum absolute atomic E-state index is 13.4. The molecule has 1 aliphatic carbocycles. The molecule has 0 radical (unpaired) electrons. The lowest BCUT2D eigenvalue weighted by atomic mass is 10.0. The van der Waals surface area contributed by atoms with Crippen LogP contribution < -0.4 is 0 Å². The highest BCUT2D eigenvalue weighted by atomic mass is 19.2. The third kappa shape index (κ3) is 5.36. The van der Waals surface area contributed by atoms with Gasteiger partial charge in [-0.05, 0) is 42.5 Å². The number of rotatable bonds is 7. The Hall–Kier alpha value is -2.27. The van der Waals surface area contributed by atoms with Gasteiger partial charge in [-0.2, -0.15) is 0 Å². The number of hydrogen-bond acceptors (Lipinski definition) is 2. The van der Waals surface area contributed by atoms with Crippen LogP contribution in [0.25, 0.3) is 0 Å². The van der Waals surface area contributed by atoms with E-state index < -0.39 is 17.2 Å². The van der Waals surface area contributed by atoms with Crippen molar-refractivity contribution in [3.05, 3.63) is 71.3 Å². The van der Waals surface area contributed by atoms with E-state index >= 15 is 0 Å². The lowest BCUT2D eigenvalue weighted by Crippen LogP contribution is -2.43. The van der Waals surface area contributed by atoms with Crippen LogP contribution in [0.3, 0.4) is 0 Å². The van der Waals surface area contributed by atoms with Crippen LogP contribution in [0.15, 0.2) is 48.5 Å². The molecule has 0 spiro atoms. The van der Waals surface area contributed by atoms with Gasteiger partial charge in [-0.3, -0.25) is 4.79 Å². The predicted molar refractivity (Wildman–Crippen MR) is 100.0 cm³/mol. The summed E-state index contributed by atoms with van der Waals surface area (Å²) in [5.41, 5.74) is 0.758. The Labute approximate surface area is 158 Å². The molecule has 0 atom stereocenters. The molecule has 2 aromatic rings. The number of halogens is 2. The second kappa shape index (κ2) is 8.61. The van der Waals surface area contributed by atoms with Crippen LogP contribution in [-0.2, 0) is 17.8 Å². The van der Waals surface area contributed by atoms with Crippen molar-refractivity contribution in [2.75, 3.05) is 6.54 Å². The largest absolute Gasteiger partial charge is 0.388 e. The predicted octanol–water partition coefficient (Wildman–Crippen LogP) is 4.23. The summed E-state index contributed by atoms with van der Waals surface area (Å²) in [6.45, 7) is 0.734. The average molecular weight is 373 g/mol. The second-order valence-corrected chi connectivity index (χ2v) is 7.42. The normalized spacial score (nSPS) is 15.7. The van der Waals surface area contributed by atoms with Gasteiger partial charge in [0, 0.05) is 19.5 Å². The van der Waals surface area contributed by atoms with Crippen molar-refractivity contribution in [2.24, 2.45) is 0 Å². The molecule has 1 aliphatic rings. The van der Waals surface area contributed by atoms with Gasteiger partial charge in [-0.15, -0.1) is 0 Å². The number of nitrogens with zero attached hydrogens (tertiary/aromatic N) is 1. The molecule has 3 nitrogen and oxygen atoms in total. The number of amides is 1. The van der Waals surface area contributed by atoms with Crippen molar-refractivity contribution < 1.29 is 18.7 Å². The van der Waals surface area contributed by atoms with E-state index in [1.54, 1.807) is 4.90 Å². The lowest BCUT2D eigenvalue weighted by Gasteiger charge is -2.31. The first kappa shape index (κ1) is 19.5. The first-order valence-corrected chi connectivity index (χ1v) is 9.43. The van der Waals surface area contributed by atoms with E-state index in [1.807, 2.05) is 30.3 Å². The molecule has 1 fully saturated rings. The van der Waals surface area contributed by atoms with Crippen molar-refractivity contribution in [3.63, 3.8) is 0 Å². The zero-order chi connectivity index (χ0) is 19.3. The summed E-state index contributed by atoms with van der Waals surface area (Å²) in [6, 6.07) is 13.4. The SMILES string of the molecule is O=C(CCc1ccc(F)c(F)c1)N(Cc1ccccc1)CC1(O)CCCC1. The van der Waals surface area contributed by atoms with Crippen molar-refractivity contribution in [1.29, 1.82) is 0 Å². The molecule has 1 saturated carbocycles. The molecule has 0 heterocycles. The van der Waals surface area contributed by atoms with Crippen molar-refractivity contribution >= 4 is 5.91 Å². The van der Waals surface area contributed by atoms with Gasteiger partial charge in [0.15, 0.2) is 11.6 Å². The summed E-state index contributed by atoms with van der Waals surface area (Å²) < 4.78 is 26.4. The van der Waals surface area contributed by atoms with Gasteiger partial charge in [0.25, 0.3) is 0 Å². The van der Waals surface area contributed by atoms with E-state index in [0.717, 1.165) is 30.5 Å². The highest BCUT2D eigenvalue weighted by molar-refractivity contribution is 5.76. The fraction of sp³-hybridized carbons (Fsp3) is 0.409. The number of hydrogen-bond donors (Lipinski definition) is 1. The molecule has 0 bridgehead atoms. The van der Waals surface area contributed by atoms with Crippen LogP contribution in [0.4, 0.5) is 8.78 Å². The minimum atomic E-state index is -0.902. The van der Waals surface area contributed by atoms with Crippen molar-refractivity contribution in [2.45, 2.75) is 50.7 Å². The maximum atomic E-state index is 13.4. The number of aliphatic hydroxyl groups is 1. The van der Waals surface area contributed by atoms with Crippen LogP contribution in [0.5, 0.6) is 0 Å². The molecule has 0 saturated heterocycles. The first-order valence-electron chi connectivity index (χ1n) is 9.43. The summed E-state index contributed by atoms with van der Waals surface area (Å²) >= 11 is 0. The number of carbonyl (C=O) groups is 1. The summed E-state index contributed by atoms with van der Waals surface area (Å²) in [4.78, 5) is 14.5. The third-order valence-corrected chi connectivity index (χ3v) is 5.20. The van der Waals surface area contributed by atoms with E-state index in [4.69, 9.17) is 0 Å². The van der Waals surface area contributed by atoms with E-state index in [1.165, 1.54) is 6.07 Å². The van der Waals surface area contributed by atoms with E-state index in [2.05, 4.69) is 0 Å². The van der Waals surface area contributed by atoms with Crippen LogP contribution in [0.1, 0.15) is 43.2 Å². The number of carbonyl (C=O) groups excluding carboxylic acids is 1. The molecule has 144 valence electrons. The molecule has 2 aromatic carbocycles. The van der Waals surface area contributed by atoms with E-state index in [-0.39, 0.29) is 12.3 Å². The Balaban J connectivity index is 1.68. The fourth-order valence-electron chi connectivity index (χ4n) is 3.69. The van der Waals surface area contributed by atoms with Gasteiger partial charge in [0.05, 0.1) is 5.60 Å². The van der Waals surface area contributed by atoms with Gasteiger partial charge < -0.3 is 10.0 Å². The summed E-state index contributed by atoms with van der Waals surface area (Å²) in [6.07, 6.45) is 3.87. The van der Waals surface area contributed by atoms with Gasteiger partial charge in [-0.1, -0.05) is 49.2 Å². The third-order valence-electron chi connectivity index (χ3n) is 5.20. The number of benzene rings is 2. The molecule has 27 heavy (non-hydrogen) atoms. The Kier molecular flexibility index (Phi) is 6.22. The highest BCUT2D eigenvalue weighted by Gasteiger charge is 2.34. The fourth-order valence-corrected chi connectivity index (χ4v) is 3.69. The topological polar surface area (TPSA) is 40.5 Å². The standard InChI is InChI=1S/C22H25F2NO2/c23-19-10-8-17(14-20(19)24)9-11-21(26)25(15-18-6-2-1-3-7-18)16-22(27)12-4-5-13-22/h1-3,6-8,10,14,27H,4-5,9,11-13,15-16H2. The van der Waals surface area contributed by atoms with E-state index in [9.17, 15) is 18.7 Å². The quantitative estimate of drug-likeness (QED) is 0.789. The van der Waals surface area contributed by atoms with Crippen molar-refractivity contribution in [1.82, 2.24) is 4.90 Å². The molecular formula is C22H25F2NO2. The molecule has 0 aliphatic heterocycles. The Morgan fingerprint density at radius 2 is 1.70 bits per heavy atom. The van der Waals surface area contributed by atoms with Crippen LogP contribution >= 0.6 is 0 Å². The minimum Gasteiger partial charge on any atom is -0.388 e. The van der Waals surface area contributed by atoms with E-state index in [0.29, 0.717) is 37.9 Å². The van der Waals surface area contributed by atoms with Crippen LogP contribution in [-0.4, -0.2) is 28.1 Å². The first-order chi connectivity index (χ1) is 13.0. The summed E-state index contributed by atoms with van der Waals surface area (Å²) in [5, 5.41) is 10.8. The van der Waals surface area contributed by atoms with Crippen molar-refractivity contribution in [3.8, 4) is 0 Å². The smallest absolute Gasteiger partial charge is 0.223 e. The molecule has 0 aromatic heterocycles. The second-order valence-electron chi connectivity index (χ2n) is 7.42. The molecule has 0 unspecified atom stereocenters. The van der Waals surface area contributed by atoms with Gasteiger partial charge in [-0.25, -0.2) is 8.78 Å². The van der Waals surface area contributed by atoms with Crippen LogP contribution in [0.2, 0.25) is 0 Å². The molecular weight excluding hydrogens is 348 g/mol. The monoisotopic (exact) mass is 373 g/mol. The summed E-state index contributed by atoms with van der Waals surface area (Å²) in [7, 11) is 0. The average Bonchev–Trinajstić information content (AvgIpc) is 3.09. The molecule has 5 heteroatoms. The Morgan fingerprint density at radius 3 is 2.37 bits per heavy atom. The molecule has 1 amide bonds. The maximum Gasteiger partial charge on any atom is 0.223 e. The molecule has 3 rings (SSSR count). The summed E-state index contributed by atoms with van der Waals surface area (Å²) in [5.74, 6) is -1.88. The lowest BCUT2D eigenvalue weighted by molar-refractivity contribution is -0.135.